The van der Waals surface area contributed by atoms with E-state index in [0.717, 1.165) is 60.8 Å². The van der Waals surface area contributed by atoms with E-state index in [1.165, 1.54) is 5.56 Å². The fraction of sp³-hybridized carbons (Fsp3) is 0.444. The molecule has 1 N–H and O–H groups in total. The average molecular weight is 327 g/mol. The number of fused-ring (bicyclic) bond motifs is 1. The number of hydrogen-bond donors (Lipinski definition) is 1. The van der Waals surface area contributed by atoms with Crippen molar-refractivity contribution in [3.63, 3.8) is 0 Å². The van der Waals surface area contributed by atoms with Crippen LogP contribution in [-0.2, 0) is 11.2 Å². The summed E-state index contributed by atoms with van der Waals surface area (Å²) in [6.07, 6.45) is 4.22. The topological polar surface area (TPSA) is 45.2 Å². The highest BCUT2D eigenvalue weighted by Gasteiger charge is 2.35. The van der Waals surface area contributed by atoms with Crippen LogP contribution in [0, 0.1) is 5.92 Å². The van der Waals surface area contributed by atoms with Gasteiger partial charge in [0.05, 0.1) is 5.69 Å². The zero-order chi connectivity index (χ0) is 15.8. The minimum Gasteiger partial charge on any atom is -0.362 e. The summed E-state index contributed by atoms with van der Waals surface area (Å²) in [5, 5.41) is 6.31. The number of nitrogens with zero attached hydrogens (tertiary/aromatic N) is 2. The monoisotopic (exact) mass is 327 g/mol. The van der Waals surface area contributed by atoms with Gasteiger partial charge in [-0.1, -0.05) is 6.07 Å². The van der Waals surface area contributed by atoms with Crippen molar-refractivity contribution in [2.45, 2.75) is 32.6 Å². The largest absolute Gasteiger partial charge is 0.362 e. The van der Waals surface area contributed by atoms with E-state index in [0.29, 0.717) is 5.91 Å². The lowest BCUT2D eigenvalue weighted by atomic mass is 9.98. The molecule has 5 heteroatoms. The quantitative estimate of drug-likeness (QED) is 0.925. The summed E-state index contributed by atoms with van der Waals surface area (Å²) in [6, 6.07) is 6.42. The second kappa shape index (κ2) is 5.96. The first-order valence-electron chi connectivity index (χ1n) is 8.40. The molecule has 2 heterocycles. The highest BCUT2D eigenvalue weighted by Crippen LogP contribution is 2.37. The van der Waals surface area contributed by atoms with E-state index in [4.69, 9.17) is 0 Å². The Morgan fingerprint density at radius 2 is 2.30 bits per heavy atom. The zero-order valence-corrected chi connectivity index (χ0v) is 14.2. The number of aromatic nitrogens is 1. The Bertz CT molecular complexity index is 736. The van der Waals surface area contributed by atoms with Gasteiger partial charge in [-0.05, 0) is 50.3 Å². The molecule has 0 spiro atoms. The third-order valence-electron chi connectivity index (χ3n) is 4.52. The summed E-state index contributed by atoms with van der Waals surface area (Å²) < 4.78 is 0. The lowest BCUT2D eigenvalue weighted by molar-refractivity contribution is -0.119. The number of carbonyl (C=O) groups excluding carboxylic acids is 1. The van der Waals surface area contributed by atoms with Crippen molar-refractivity contribution >= 4 is 28.1 Å². The Morgan fingerprint density at radius 1 is 1.43 bits per heavy atom. The molecule has 0 bridgehead atoms. The predicted octanol–water partition coefficient (Wildman–Crippen LogP) is 3.93. The molecule has 0 atom stereocenters. The minimum absolute atomic E-state index is 0.279. The van der Waals surface area contributed by atoms with Crippen LogP contribution in [0.2, 0.25) is 0 Å². The van der Waals surface area contributed by atoms with Crippen LogP contribution in [0.3, 0.4) is 0 Å². The van der Waals surface area contributed by atoms with Gasteiger partial charge >= 0.3 is 0 Å². The van der Waals surface area contributed by atoms with Gasteiger partial charge in [0, 0.05) is 35.6 Å². The zero-order valence-electron chi connectivity index (χ0n) is 13.3. The highest BCUT2D eigenvalue weighted by atomic mass is 32.1. The van der Waals surface area contributed by atoms with E-state index >= 15 is 0 Å². The summed E-state index contributed by atoms with van der Waals surface area (Å²) >= 11 is 1.64. The van der Waals surface area contributed by atoms with Crippen molar-refractivity contribution in [2.75, 3.05) is 23.3 Å². The smallest absolute Gasteiger partial charge is 0.230 e. The Morgan fingerprint density at radius 3 is 3.09 bits per heavy atom. The van der Waals surface area contributed by atoms with E-state index in [1.54, 1.807) is 11.3 Å². The number of carbonyl (C=O) groups is 1. The summed E-state index contributed by atoms with van der Waals surface area (Å²) in [7, 11) is 0. The second-order valence-corrected chi connectivity index (χ2v) is 7.14. The summed E-state index contributed by atoms with van der Waals surface area (Å²) in [6.45, 7) is 3.82. The minimum atomic E-state index is 0.279. The van der Waals surface area contributed by atoms with Crippen molar-refractivity contribution in [3.8, 4) is 11.3 Å². The van der Waals surface area contributed by atoms with Crippen LogP contribution in [0.1, 0.15) is 31.7 Å². The van der Waals surface area contributed by atoms with Crippen molar-refractivity contribution in [2.24, 2.45) is 5.92 Å². The normalized spacial score (nSPS) is 17.0. The number of amides is 1. The predicted molar refractivity (Wildman–Crippen MR) is 95.1 cm³/mol. The van der Waals surface area contributed by atoms with Gasteiger partial charge in [0.15, 0.2) is 5.13 Å². The number of benzene rings is 1. The molecule has 120 valence electrons. The molecule has 1 amide bonds. The Hall–Kier alpha value is -1.88. The van der Waals surface area contributed by atoms with Crippen molar-refractivity contribution in [1.82, 2.24) is 4.98 Å². The number of anilines is 2. The molecule has 2 aromatic rings. The van der Waals surface area contributed by atoms with Crippen molar-refractivity contribution in [1.29, 1.82) is 0 Å². The van der Waals surface area contributed by atoms with E-state index < -0.39 is 0 Å². The molecule has 4 nitrogen and oxygen atoms in total. The van der Waals surface area contributed by atoms with Crippen molar-refractivity contribution in [3.05, 3.63) is 29.1 Å². The van der Waals surface area contributed by atoms with Gasteiger partial charge < -0.3 is 10.2 Å². The second-order valence-electron chi connectivity index (χ2n) is 6.28. The molecular formula is C18H21N3OS. The Labute approximate surface area is 140 Å². The van der Waals surface area contributed by atoms with Gasteiger partial charge in [-0.3, -0.25) is 4.79 Å². The molecule has 0 radical (unpaired) electrons. The van der Waals surface area contributed by atoms with Crippen LogP contribution < -0.4 is 10.2 Å². The van der Waals surface area contributed by atoms with Gasteiger partial charge in [-0.25, -0.2) is 4.98 Å². The number of aryl methyl sites for hydroxylation is 1. The molecular weight excluding hydrogens is 306 g/mol. The fourth-order valence-corrected chi connectivity index (χ4v) is 3.97. The lowest BCUT2D eigenvalue weighted by Crippen LogP contribution is -2.36. The van der Waals surface area contributed by atoms with E-state index in [2.05, 4.69) is 40.8 Å². The fourth-order valence-electron chi connectivity index (χ4n) is 3.17. The van der Waals surface area contributed by atoms with Crippen LogP contribution >= 0.6 is 11.3 Å². The van der Waals surface area contributed by atoms with E-state index in [-0.39, 0.29) is 5.92 Å². The molecule has 2 aliphatic rings. The van der Waals surface area contributed by atoms with Crippen LogP contribution in [0.15, 0.2) is 23.6 Å². The third-order valence-corrected chi connectivity index (χ3v) is 5.32. The SMILES string of the molecule is CCNc1nc(-c2ccc3c(c2)CCCN3C(=O)C2CC2)cs1. The number of thiazole rings is 1. The third kappa shape index (κ3) is 2.85. The van der Waals surface area contributed by atoms with E-state index in [1.807, 2.05) is 4.90 Å². The summed E-state index contributed by atoms with van der Waals surface area (Å²) in [5.74, 6) is 0.601. The van der Waals surface area contributed by atoms with Crippen LogP contribution in [0.5, 0.6) is 0 Å². The molecule has 1 aliphatic carbocycles. The Balaban J connectivity index is 1.63. The first-order chi connectivity index (χ1) is 11.3. The molecule has 1 saturated carbocycles. The van der Waals surface area contributed by atoms with Crippen LogP contribution in [-0.4, -0.2) is 24.0 Å². The first-order valence-corrected chi connectivity index (χ1v) is 9.28. The Kier molecular flexibility index (Phi) is 3.81. The number of rotatable bonds is 4. The lowest BCUT2D eigenvalue weighted by Gasteiger charge is -2.30. The molecule has 23 heavy (non-hydrogen) atoms. The van der Waals surface area contributed by atoms with Crippen LogP contribution in [0.4, 0.5) is 10.8 Å². The highest BCUT2D eigenvalue weighted by molar-refractivity contribution is 7.14. The van der Waals surface area contributed by atoms with Gasteiger partial charge in [0.2, 0.25) is 5.91 Å². The standard InChI is InChI=1S/C18H21N3OS/c1-2-19-18-20-15(11-23-18)13-7-8-16-14(10-13)4-3-9-21(16)17(22)12-5-6-12/h7-8,10-12H,2-6,9H2,1H3,(H,19,20). The van der Waals surface area contributed by atoms with E-state index in [9.17, 15) is 4.79 Å². The molecule has 0 unspecified atom stereocenters. The maximum atomic E-state index is 12.5. The first kappa shape index (κ1) is 14.7. The molecule has 1 aromatic carbocycles. The van der Waals surface area contributed by atoms with Gasteiger partial charge in [0.1, 0.15) is 0 Å². The molecule has 1 aliphatic heterocycles. The van der Waals surface area contributed by atoms with Gasteiger partial charge in [-0.2, -0.15) is 0 Å². The number of hydrogen-bond acceptors (Lipinski definition) is 4. The van der Waals surface area contributed by atoms with Crippen LogP contribution in [0.25, 0.3) is 11.3 Å². The van der Waals surface area contributed by atoms with Crippen molar-refractivity contribution < 1.29 is 4.79 Å². The summed E-state index contributed by atoms with van der Waals surface area (Å²) in [4.78, 5) is 19.1. The maximum Gasteiger partial charge on any atom is 0.230 e. The average Bonchev–Trinajstić information content (AvgIpc) is 3.33. The maximum absolute atomic E-state index is 12.5. The molecule has 1 fully saturated rings. The molecule has 1 aromatic heterocycles. The van der Waals surface area contributed by atoms with Gasteiger partial charge in [0.25, 0.3) is 0 Å². The molecule has 4 rings (SSSR count). The van der Waals surface area contributed by atoms with Gasteiger partial charge in [-0.15, -0.1) is 11.3 Å². The number of nitrogens with one attached hydrogen (secondary N) is 1. The summed E-state index contributed by atoms with van der Waals surface area (Å²) in [5.41, 5.74) is 4.55. The molecule has 0 saturated heterocycles.